The summed E-state index contributed by atoms with van der Waals surface area (Å²) in [6.45, 7) is 1.34. The van der Waals surface area contributed by atoms with Gasteiger partial charge in [0.1, 0.15) is 6.54 Å². The molecule has 0 unspecified atom stereocenters. The normalized spacial score (nSPS) is 10.0. The van der Waals surface area contributed by atoms with E-state index in [4.69, 9.17) is 0 Å². The molecule has 2 amide bonds. The van der Waals surface area contributed by atoms with Crippen LogP contribution >= 0.6 is 0 Å². The van der Waals surface area contributed by atoms with Crippen molar-refractivity contribution in [3.63, 3.8) is 0 Å². The van der Waals surface area contributed by atoms with Gasteiger partial charge in [0.05, 0.1) is 12.0 Å². The van der Waals surface area contributed by atoms with Gasteiger partial charge in [0.2, 0.25) is 0 Å². The molecule has 0 bridgehead atoms. The molecule has 0 saturated carbocycles. The molecule has 0 aliphatic heterocycles. The number of nitro benzene ring substituents is 1. The van der Waals surface area contributed by atoms with Crippen LogP contribution in [0.15, 0.2) is 42.5 Å². The summed E-state index contributed by atoms with van der Waals surface area (Å²) in [5.41, 5.74) is 1.17. The van der Waals surface area contributed by atoms with Crippen molar-refractivity contribution in [2.45, 2.75) is 6.92 Å². The summed E-state index contributed by atoms with van der Waals surface area (Å²) < 4.78 is 4.43. The quantitative estimate of drug-likeness (QED) is 0.454. The Kier molecular flexibility index (Phi) is 6.21. The molecule has 0 aliphatic rings. The first-order valence-electron chi connectivity index (χ1n) is 7.83. The van der Waals surface area contributed by atoms with Crippen LogP contribution in [-0.4, -0.2) is 36.4 Å². The van der Waals surface area contributed by atoms with Crippen LogP contribution in [0.4, 0.5) is 11.4 Å². The second kappa shape index (κ2) is 8.56. The number of benzene rings is 2. The Morgan fingerprint density at radius 3 is 2.26 bits per heavy atom. The van der Waals surface area contributed by atoms with Gasteiger partial charge in [-0.1, -0.05) is 6.07 Å². The first-order chi connectivity index (χ1) is 12.8. The molecule has 0 saturated heterocycles. The average Bonchev–Trinajstić information content (AvgIpc) is 2.66. The highest BCUT2D eigenvalue weighted by Gasteiger charge is 2.15. The number of nitrogens with one attached hydrogen (secondary N) is 2. The van der Waals surface area contributed by atoms with Crippen LogP contribution in [0.3, 0.4) is 0 Å². The fourth-order valence-electron chi connectivity index (χ4n) is 2.18. The smallest absolute Gasteiger partial charge is 0.325 e. The molecule has 0 radical (unpaired) electrons. The molecular weight excluding hydrogens is 354 g/mol. The predicted molar refractivity (Wildman–Crippen MR) is 96.6 cm³/mol. The van der Waals surface area contributed by atoms with Gasteiger partial charge in [0.25, 0.3) is 17.5 Å². The molecule has 0 aliphatic carbocycles. The second-order valence-electron chi connectivity index (χ2n) is 5.55. The van der Waals surface area contributed by atoms with E-state index < -0.39 is 22.7 Å². The molecule has 2 N–H and O–H groups in total. The molecule has 0 fully saturated rings. The molecule has 0 spiro atoms. The van der Waals surface area contributed by atoms with Crippen molar-refractivity contribution in [1.82, 2.24) is 5.32 Å². The molecule has 2 aromatic rings. The Balaban J connectivity index is 2.05. The van der Waals surface area contributed by atoms with Gasteiger partial charge >= 0.3 is 5.97 Å². The Morgan fingerprint density at radius 2 is 1.67 bits per heavy atom. The summed E-state index contributed by atoms with van der Waals surface area (Å²) in [6, 6.07) is 10.2. The van der Waals surface area contributed by atoms with E-state index in [1.54, 1.807) is 6.92 Å². The lowest BCUT2D eigenvalue weighted by Gasteiger charge is -2.08. The number of anilines is 1. The number of amides is 2. The van der Waals surface area contributed by atoms with Gasteiger partial charge in [0.15, 0.2) is 0 Å². The fourth-order valence-corrected chi connectivity index (χ4v) is 2.18. The number of methoxy groups -OCH3 is 1. The maximum absolute atomic E-state index is 12.3. The van der Waals surface area contributed by atoms with E-state index in [-0.39, 0.29) is 17.8 Å². The highest BCUT2D eigenvalue weighted by molar-refractivity contribution is 6.05. The molecule has 0 heterocycles. The third kappa shape index (κ3) is 5.11. The lowest BCUT2D eigenvalue weighted by atomic mass is 10.1. The van der Waals surface area contributed by atoms with Gasteiger partial charge in [-0.25, -0.2) is 0 Å². The maximum Gasteiger partial charge on any atom is 0.325 e. The highest BCUT2D eigenvalue weighted by atomic mass is 16.6. The van der Waals surface area contributed by atoms with Crippen molar-refractivity contribution in [3.8, 4) is 0 Å². The zero-order chi connectivity index (χ0) is 20.0. The average molecular weight is 371 g/mol. The van der Waals surface area contributed by atoms with Crippen LogP contribution < -0.4 is 10.6 Å². The number of carbonyl (C=O) groups is 3. The Bertz CT molecular complexity index is 892. The molecule has 0 atom stereocenters. The minimum Gasteiger partial charge on any atom is -0.468 e. The number of hydrogen-bond acceptors (Lipinski definition) is 6. The number of esters is 1. The lowest BCUT2D eigenvalue weighted by Crippen LogP contribution is -2.30. The van der Waals surface area contributed by atoms with Gasteiger partial charge in [0, 0.05) is 28.4 Å². The summed E-state index contributed by atoms with van der Waals surface area (Å²) in [5, 5.41) is 16.0. The number of rotatable bonds is 6. The van der Waals surface area contributed by atoms with Crippen molar-refractivity contribution in [3.05, 3.63) is 69.3 Å². The van der Waals surface area contributed by atoms with Gasteiger partial charge in [-0.3, -0.25) is 24.5 Å². The maximum atomic E-state index is 12.3. The standard InChI is InChI=1S/C18H17N3O6/c1-11-3-4-13(9-15(11)21(25)26)18(24)20-14-7-5-12(6-8-14)17(23)19-10-16(22)27-2/h3-9H,10H2,1-2H3,(H,19,23)(H,20,24). The van der Waals surface area contributed by atoms with E-state index in [1.165, 1.54) is 49.6 Å². The molecular formula is C18H17N3O6. The number of carbonyl (C=O) groups excluding carboxylic acids is 3. The first kappa shape index (κ1) is 19.6. The Labute approximate surface area is 154 Å². The molecule has 140 valence electrons. The number of nitro groups is 1. The van der Waals surface area contributed by atoms with Crippen LogP contribution in [0, 0.1) is 17.0 Å². The predicted octanol–water partition coefficient (Wildman–Crippen LogP) is 2.06. The summed E-state index contributed by atoms with van der Waals surface area (Å²) in [7, 11) is 1.22. The summed E-state index contributed by atoms with van der Waals surface area (Å²) in [5.74, 6) is -1.55. The number of hydrogen-bond donors (Lipinski definition) is 2. The minimum atomic E-state index is -0.570. The van der Waals surface area contributed by atoms with Gasteiger partial charge in [-0.05, 0) is 37.3 Å². The summed E-state index contributed by atoms with van der Waals surface area (Å²) in [4.78, 5) is 45.6. The molecule has 9 heteroatoms. The fraction of sp³-hybridized carbons (Fsp3) is 0.167. The zero-order valence-corrected chi connectivity index (χ0v) is 14.6. The van der Waals surface area contributed by atoms with Crippen LogP contribution in [0.25, 0.3) is 0 Å². The molecule has 2 rings (SSSR count). The number of aryl methyl sites for hydroxylation is 1. The second-order valence-corrected chi connectivity index (χ2v) is 5.55. The summed E-state index contributed by atoms with van der Waals surface area (Å²) in [6.07, 6.45) is 0. The van der Waals surface area contributed by atoms with Gasteiger partial charge < -0.3 is 15.4 Å². The third-order valence-corrected chi connectivity index (χ3v) is 3.69. The van der Waals surface area contributed by atoms with Gasteiger partial charge in [-0.2, -0.15) is 0 Å². The van der Waals surface area contributed by atoms with Crippen molar-refractivity contribution in [2.24, 2.45) is 0 Å². The largest absolute Gasteiger partial charge is 0.468 e. The zero-order valence-electron chi connectivity index (χ0n) is 14.6. The van der Waals surface area contributed by atoms with E-state index in [1.807, 2.05) is 0 Å². The van der Waals surface area contributed by atoms with Gasteiger partial charge in [-0.15, -0.1) is 0 Å². The monoisotopic (exact) mass is 371 g/mol. The van der Waals surface area contributed by atoms with E-state index in [2.05, 4.69) is 15.4 Å². The van der Waals surface area contributed by atoms with E-state index in [0.29, 0.717) is 16.8 Å². The number of ether oxygens (including phenoxy) is 1. The van der Waals surface area contributed by atoms with Crippen LogP contribution in [0.5, 0.6) is 0 Å². The molecule has 27 heavy (non-hydrogen) atoms. The Morgan fingerprint density at radius 1 is 1.04 bits per heavy atom. The first-order valence-corrected chi connectivity index (χ1v) is 7.83. The van der Waals surface area contributed by atoms with Crippen molar-refractivity contribution in [2.75, 3.05) is 19.0 Å². The van der Waals surface area contributed by atoms with Crippen LogP contribution in [0.2, 0.25) is 0 Å². The highest BCUT2D eigenvalue weighted by Crippen LogP contribution is 2.20. The molecule has 2 aromatic carbocycles. The van der Waals surface area contributed by atoms with Crippen LogP contribution in [0.1, 0.15) is 26.3 Å². The topological polar surface area (TPSA) is 128 Å². The van der Waals surface area contributed by atoms with E-state index in [9.17, 15) is 24.5 Å². The van der Waals surface area contributed by atoms with Crippen molar-refractivity contribution < 1.29 is 24.0 Å². The minimum absolute atomic E-state index is 0.139. The number of nitrogens with zero attached hydrogens (tertiary/aromatic N) is 1. The third-order valence-electron chi connectivity index (χ3n) is 3.69. The SMILES string of the molecule is COC(=O)CNC(=O)c1ccc(NC(=O)c2ccc(C)c([N+](=O)[O-])c2)cc1. The van der Waals surface area contributed by atoms with E-state index in [0.717, 1.165) is 0 Å². The van der Waals surface area contributed by atoms with Crippen molar-refractivity contribution >= 4 is 29.2 Å². The van der Waals surface area contributed by atoms with E-state index >= 15 is 0 Å². The summed E-state index contributed by atoms with van der Waals surface area (Å²) >= 11 is 0. The lowest BCUT2D eigenvalue weighted by molar-refractivity contribution is -0.385. The van der Waals surface area contributed by atoms with Crippen molar-refractivity contribution in [1.29, 1.82) is 0 Å². The molecule has 9 nitrogen and oxygen atoms in total. The van der Waals surface area contributed by atoms with Crippen LogP contribution in [-0.2, 0) is 9.53 Å². The Hall–Kier alpha value is -3.75. The molecule has 0 aromatic heterocycles.